The molecule has 0 saturated heterocycles. The molecule has 2 unspecified atom stereocenters. The van der Waals surface area contributed by atoms with Crippen LogP contribution in [0.4, 0.5) is 0 Å². The average molecular weight is 252 g/mol. The zero-order valence-corrected chi connectivity index (χ0v) is 11.0. The van der Waals surface area contributed by atoms with Crippen LogP contribution in [0.3, 0.4) is 0 Å². The van der Waals surface area contributed by atoms with Crippen LogP contribution in [-0.2, 0) is 4.79 Å². The largest absolute Gasteiger partial charge is 0.491 e. The maximum absolute atomic E-state index is 10.7. The first-order valence-electron chi connectivity index (χ1n) is 6.07. The minimum atomic E-state index is -0.899. The van der Waals surface area contributed by atoms with Crippen molar-refractivity contribution in [1.29, 1.82) is 0 Å². The highest BCUT2D eigenvalue weighted by Gasteiger charge is 2.18. The summed E-state index contributed by atoms with van der Waals surface area (Å²) in [4.78, 5) is 10.7. The van der Waals surface area contributed by atoms with Gasteiger partial charge in [-0.3, -0.25) is 4.79 Å². The van der Waals surface area contributed by atoms with Crippen molar-refractivity contribution in [3.63, 3.8) is 0 Å². The van der Waals surface area contributed by atoms with Crippen molar-refractivity contribution in [3.8, 4) is 5.75 Å². The summed E-state index contributed by atoms with van der Waals surface area (Å²) in [7, 11) is 0. The van der Waals surface area contributed by atoms with Gasteiger partial charge in [0.15, 0.2) is 0 Å². The Balaban J connectivity index is 2.73. The first kappa shape index (κ1) is 14.5. The first-order chi connectivity index (χ1) is 8.40. The Morgan fingerprint density at radius 3 is 2.56 bits per heavy atom. The molecule has 4 heteroatoms. The Hall–Kier alpha value is -1.55. The minimum Gasteiger partial charge on any atom is -0.491 e. The van der Waals surface area contributed by atoms with Gasteiger partial charge in [-0.05, 0) is 38.0 Å². The predicted octanol–water partition coefficient (Wildman–Crippen LogP) is 2.62. The van der Waals surface area contributed by atoms with E-state index in [1.165, 1.54) is 0 Å². The lowest BCUT2D eigenvalue weighted by atomic mass is 9.98. The molecule has 0 aromatic heterocycles. The summed E-state index contributed by atoms with van der Waals surface area (Å²) in [5.74, 6) is -0.789. The Morgan fingerprint density at radius 2 is 2.00 bits per heavy atom. The van der Waals surface area contributed by atoms with Crippen molar-refractivity contribution < 1.29 is 19.7 Å². The number of carbonyl (C=O) groups is 1. The van der Waals surface area contributed by atoms with Crippen molar-refractivity contribution >= 4 is 5.97 Å². The van der Waals surface area contributed by atoms with E-state index < -0.39 is 18.0 Å². The van der Waals surface area contributed by atoms with E-state index >= 15 is 0 Å². The summed E-state index contributed by atoms with van der Waals surface area (Å²) in [6, 6.07) is 7.13. The van der Waals surface area contributed by atoms with Gasteiger partial charge in [0, 0.05) is 0 Å². The normalized spacial score (nSPS) is 14.3. The van der Waals surface area contributed by atoms with Crippen molar-refractivity contribution in [2.45, 2.75) is 39.4 Å². The second kappa shape index (κ2) is 6.40. The monoisotopic (exact) mass is 252 g/mol. The fourth-order valence-corrected chi connectivity index (χ4v) is 1.64. The maximum Gasteiger partial charge on any atom is 0.306 e. The molecule has 0 radical (unpaired) electrons. The summed E-state index contributed by atoms with van der Waals surface area (Å²) in [6.45, 7) is 5.44. The topological polar surface area (TPSA) is 66.8 Å². The van der Waals surface area contributed by atoms with Crippen LogP contribution in [-0.4, -0.2) is 22.3 Å². The number of aliphatic carboxylic acids is 1. The minimum absolute atomic E-state index is 0.0651. The third-order valence-corrected chi connectivity index (χ3v) is 2.61. The number of benzene rings is 1. The van der Waals surface area contributed by atoms with E-state index in [1.54, 1.807) is 25.1 Å². The number of hydrogen-bond acceptors (Lipinski definition) is 3. The van der Waals surface area contributed by atoms with Gasteiger partial charge >= 0.3 is 5.97 Å². The quantitative estimate of drug-likeness (QED) is 0.816. The van der Waals surface area contributed by atoms with Crippen molar-refractivity contribution in [2.75, 3.05) is 0 Å². The van der Waals surface area contributed by atoms with Gasteiger partial charge in [-0.25, -0.2) is 0 Å². The second-order valence-electron chi connectivity index (χ2n) is 4.73. The molecule has 1 aromatic carbocycles. The van der Waals surface area contributed by atoms with Crippen LogP contribution in [0.5, 0.6) is 5.75 Å². The van der Waals surface area contributed by atoms with E-state index in [0.29, 0.717) is 11.3 Å². The second-order valence-corrected chi connectivity index (χ2v) is 4.73. The summed E-state index contributed by atoms with van der Waals surface area (Å²) < 4.78 is 5.53. The van der Waals surface area contributed by atoms with Gasteiger partial charge in [-0.2, -0.15) is 0 Å². The zero-order chi connectivity index (χ0) is 13.7. The van der Waals surface area contributed by atoms with Gasteiger partial charge in [-0.15, -0.1) is 0 Å². The van der Waals surface area contributed by atoms with Gasteiger partial charge in [0.2, 0.25) is 0 Å². The van der Waals surface area contributed by atoms with Gasteiger partial charge in [0.25, 0.3) is 0 Å². The Kier molecular flexibility index (Phi) is 5.16. The van der Waals surface area contributed by atoms with Crippen LogP contribution in [0.15, 0.2) is 24.3 Å². The summed E-state index contributed by atoms with van der Waals surface area (Å²) in [5, 5.41) is 18.8. The zero-order valence-electron chi connectivity index (χ0n) is 11.0. The van der Waals surface area contributed by atoms with Crippen molar-refractivity contribution in [2.24, 2.45) is 5.92 Å². The van der Waals surface area contributed by atoms with Crippen LogP contribution >= 0.6 is 0 Å². The van der Waals surface area contributed by atoms with Crippen LogP contribution in [0, 0.1) is 5.92 Å². The SMILES string of the molecule is CC(C)Oc1cccc(C(O)CC(C)C(=O)O)c1. The number of carboxylic acids is 1. The number of carboxylic acid groups (broad SMARTS) is 1. The lowest BCUT2D eigenvalue weighted by Crippen LogP contribution is -2.13. The highest BCUT2D eigenvalue weighted by Crippen LogP contribution is 2.25. The molecule has 0 saturated carbocycles. The van der Waals surface area contributed by atoms with Gasteiger partial charge in [-0.1, -0.05) is 19.1 Å². The molecular weight excluding hydrogens is 232 g/mol. The molecule has 1 aromatic rings. The fraction of sp³-hybridized carbons (Fsp3) is 0.500. The Labute approximate surface area is 107 Å². The molecule has 4 nitrogen and oxygen atoms in total. The molecule has 0 aliphatic carbocycles. The Bertz CT molecular complexity index is 401. The lowest BCUT2D eigenvalue weighted by Gasteiger charge is -2.16. The van der Waals surface area contributed by atoms with Crippen LogP contribution in [0.25, 0.3) is 0 Å². The highest BCUT2D eigenvalue weighted by molar-refractivity contribution is 5.69. The molecule has 0 heterocycles. The van der Waals surface area contributed by atoms with E-state index in [-0.39, 0.29) is 12.5 Å². The number of hydrogen-bond donors (Lipinski definition) is 2. The molecule has 1 rings (SSSR count). The van der Waals surface area contributed by atoms with Gasteiger partial charge < -0.3 is 14.9 Å². The molecule has 100 valence electrons. The fourth-order valence-electron chi connectivity index (χ4n) is 1.64. The molecule has 0 amide bonds. The highest BCUT2D eigenvalue weighted by atomic mass is 16.5. The summed E-state index contributed by atoms with van der Waals surface area (Å²) in [5.41, 5.74) is 0.682. The molecule has 0 fully saturated rings. The molecular formula is C14H20O4. The Morgan fingerprint density at radius 1 is 1.33 bits per heavy atom. The first-order valence-corrected chi connectivity index (χ1v) is 6.07. The molecule has 18 heavy (non-hydrogen) atoms. The average Bonchev–Trinajstić information content (AvgIpc) is 2.28. The number of rotatable bonds is 6. The summed E-state index contributed by atoms with van der Waals surface area (Å²) in [6.07, 6.45) is -0.525. The van der Waals surface area contributed by atoms with Crippen LogP contribution in [0.2, 0.25) is 0 Å². The standard InChI is InChI=1S/C14H20O4/c1-9(2)18-12-6-4-5-11(8-12)13(15)7-10(3)14(16)17/h4-6,8-10,13,15H,7H2,1-3H3,(H,16,17). The number of aliphatic hydroxyl groups is 1. The van der Waals surface area contributed by atoms with E-state index in [0.717, 1.165) is 0 Å². The number of aliphatic hydroxyl groups excluding tert-OH is 1. The molecule has 0 spiro atoms. The van der Waals surface area contributed by atoms with E-state index in [2.05, 4.69) is 0 Å². The molecule has 2 N–H and O–H groups in total. The molecule has 2 atom stereocenters. The molecule has 0 bridgehead atoms. The van der Waals surface area contributed by atoms with Crippen LogP contribution < -0.4 is 4.74 Å². The maximum atomic E-state index is 10.7. The summed E-state index contributed by atoms with van der Waals surface area (Å²) >= 11 is 0. The van der Waals surface area contributed by atoms with E-state index in [9.17, 15) is 9.90 Å². The van der Waals surface area contributed by atoms with Crippen LogP contribution in [0.1, 0.15) is 38.9 Å². The molecule has 0 aliphatic heterocycles. The number of ether oxygens (including phenoxy) is 1. The predicted molar refractivity (Wildman–Crippen MR) is 68.6 cm³/mol. The molecule has 0 aliphatic rings. The van der Waals surface area contributed by atoms with Gasteiger partial charge in [0.05, 0.1) is 18.1 Å². The van der Waals surface area contributed by atoms with Gasteiger partial charge in [0.1, 0.15) is 5.75 Å². The van der Waals surface area contributed by atoms with Crippen molar-refractivity contribution in [1.82, 2.24) is 0 Å². The third-order valence-electron chi connectivity index (χ3n) is 2.61. The lowest BCUT2D eigenvalue weighted by molar-refractivity contribution is -0.142. The smallest absolute Gasteiger partial charge is 0.306 e. The van der Waals surface area contributed by atoms with E-state index in [4.69, 9.17) is 9.84 Å². The third kappa shape index (κ3) is 4.37. The van der Waals surface area contributed by atoms with Crippen molar-refractivity contribution in [3.05, 3.63) is 29.8 Å². The van der Waals surface area contributed by atoms with E-state index in [1.807, 2.05) is 19.9 Å².